The SMILES string of the molecule is COCc1nc(CCN(C(C)=O)C2CCCN(C(=O)Cc3ccc(C)cc3)C2)no1. The number of hydrogen-bond donors (Lipinski definition) is 0. The van der Waals surface area contributed by atoms with Gasteiger partial charge in [0.25, 0.3) is 5.89 Å². The Morgan fingerprint density at radius 1 is 1.30 bits per heavy atom. The quantitative estimate of drug-likeness (QED) is 0.658. The number of aromatic nitrogens is 2. The first-order chi connectivity index (χ1) is 14.5. The van der Waals surface area contributed by atoms with Crippen molar-refractivity contribution in [2.75, 3.05) is 26.7 Å². The Morgan fingerprint density at radius 3 is 2.77 bits per heavy atom. The molecule has 1 aromatic carbocycles. The van der Waals surface area contributed by atoms with Crippen molar-refractivity contribution in [2.45, 2.75) is 52.2 Å². The number of methoxy groups -OCH3 is 1. The Kier molecular flexibility index (Phi) is 7.57. The first-order valence-electron chi connectivity index (χ1n) is 10.4. The second-order valence-corrected chi connectivity index (χ2v) is 7.80. The summed E-state index contributed by atoms with van der Waals surface area (Å²) in [6.45, 7) is 5.66. The summed E-state index contributed by atoms with van der Waals surface area (Å²) in [7, 11) is 1.57. The zero-order valence-corrected chi connectivity index (χ0v) is 18.0. The van der Waals surface area contributed by atoms with Crippen LogP contribution in [0.3, 0.4) is 0 Å². The van der Waals surface area contributed by atoms with Crippen LogP contribution in [0.25, 0.3) is 0 Å². The number of likely N-dealkylation sites (tertiary alicyclic amines) is 1. The summed E-state index contributed by atoms with van der Waals surface area (Å²) in [6.07, 6.45) is 2.65. The number of piperidine rings is 1. The molecule has 0 N–H and O–H groups in total. The third-order valence-corrected chi connectivity index (χ3v) is 5.42. The van der Waals surface area contributed by atoms with Crippen LogP contribution in [0.5, 0.6) is 0 Å². The maximum absolute atomic E-state index is 12.8. The Labute approximate surface area is 177 Å². The predicted octanol–water partition coefficient (Wildman–Crippen LogP) is 2.15. The van der Waals surface area contributed by atoms with Gasteiger partial charge in [0, 0.05) is 46.1 Å². The number of benzene rings is 1. The van der Waals surface area contributed by atoms with E-state index in [2.05, 4.69) is 10.1 Å². The Balaban J connectivity index is 1.58. The van der Waals surface area contributed by atoms with E-state index in [0.717, 1.165) is 24.9 Å². The van der Waals surface area contributed by atoms with E-state index in [0.29, 0.717) is 37.6 Å². The van der Waals surface area contributed by atoms with Crippen LogP contribution in [-0.2, 0) is 33.8 Å². The Morgan fingerprint density at radius 2 is 2.07 bits per heavy atom. The van der Waals surface area contributed by atoms with Crippen molar-refractivity contribution < 1.29 is 18.8 Å². The molecule has 1 atom stereocenters. The van der Waals surface area contributed by atoms with Crippen molar-refractivity contribution in [1.82, 2.24) is 19.9 Å². The van der Waals surface area contributed by atoms with Gasteiger partial charge in [0.2, 0.25) is 11.8 Å². The molecule has 1 aromatic heterocycles. The van der Waals surface area contributed by atoms with E-state index >= 15 is 0 Å². The molecule has 1 unspecified atom stereocenters. The van der Waals surface area contributed by atoms with Gasteiger partial charge in [-0.3, -0.25) is 9.59 Å². The maximum atomic E-state index is 12.8. The van der Waals surface area contributed by atoms with E-state index in [4.69, 9.17) is 9.26 Å². The average molecular weight is 415 g/mol. The summed E-state index contributed by atoms with van der Waals surface area (Å²) < 4.78 is 10.1. The first-order valence-corrected chi connectivity index (χ1v) is 10.4. The van der Waals surface area contributed by atoms with Gasteiger partial charge in [-0.2, -0.15) is 4.98 Å². The maximum Gasteiger partial charge on any atom is 0.252 e. The summed E-state index contributed by atoms with van der Waals surface area (Å²) in [5.74, 6) is 1.08. The zero-order chi connectivity index (χ0) is 21.5. The highest BCUT2D eigenvalue weighted by Crippen LogP contribution is 2.18. The van der Waals surface area contributed by atoms with Gasteiger partial charge >= 0.3 is 0 Å². The lowest BCUT2D eigenvalue weighted by Gasteiger charge is -2.39. The Hall–Kier alpha value is -2.74. The molecule has 1 aliphatic rings. The minimum Gasteiger partial charge on any atom is -0.375 e. The molecule has 0 spiro atoms. The van der Waals surface area contributed by atoms with Crippen LogP contribution in [-0.4, -0.2) is 64.5 Å². The summed E-state index contributed by atoms with van der Waals surface area (Å²) in [4.78, 5) is 33.1. The molecule has 0 saturated carbocycles. The highest BCUT2D eigenvalue weighted by Gasteiger charge is 2.29. The molecule has 162 valence electrons. The molecule has 0 bridgehead atoms. The fourth-order valence-corrected chi connectivity index (χ4v) is 3.82. The minimum absolute atomic E-state index is 0.00330. The van der Waals surface area contributed by atoms with Crippen molar-refractivity contribution in [2.24, 2.45) is 0 Å². The monoisotopic (exact) mass is 414 g/mol. The number of carbonyl (C=O) groups excluding carboxylic acids is 2. The van der Waals surface area contributed by atoms with Crippen molar-refractivity contribution in [3.05, 3.63) is 47.1 Å². The van der Waals surface area contributed by atoms with Crippen molar-refractivity contribution in [3.8, 4) is 0 Å². The van der Waals surface area contributed by atoms with Crippen molar-refractivity contribution in [3.63, 3.8) is 0 Å². The molecule has 1 aliphatic heterocycles. The minimum atomic E-state index is -0.00607. The molecule has 2 heterocycles. The van der Waals surface area contributed by atoms with Crippen molar-refractivity contribution in [1.29, 1.82) is 0 Å². The van der Waals surface area contributed by atoms with Crippen molar-refractivity contribution >= 4 is 11.8 Å². The van der Waals surface area contributed by atoms with Crippen LogP contribution in [0.2, 0.25) is 0 Å². The van der Waals surface area contributed by atoms with E-state index < -0.39 is 0 Å². The Bertz CT molecular complexity index is 849. The molecule has 0 radical (unpaired) electrons. The van der Waals surface area contributed by atoms with Gasteiger partial charge in [0.15, 0.2) is 5.82 Å². The number of rotatable bonds is 8. The third-order valence-electron chi connectivity index (χ3n) is 5.42. The molecule has 8 nitrogen and oxygen atoms in total. The fourth-order valence-electron chi connectivity index (χ4n) is 3.82. The van der Waals surface area contributed by atoms with Gasteiger partial charge < -0.3 is 19.1 Å². The predicted molar refractivity (Wildman–Crippen MR) is 111 cm³/mol. The van der Waals surface area contributed by atoms with Gasteiger partial charge in [-0.05, 0) is 25.3 Å². The fraction of sp³-hybridized carbons (Fsp3) is 0.545. The van der Waals surface area contributed by atoms with Crippen LogP contribution in [0, 0.1) is 6.92 Å². The van der Waals surface area contributed by atoms with E-state index in [9.17, 15) is 9.59 Å². The van der Waals surface area contributed by atoms with Crippen LogP contribution in [0.1, 0.15) is 42.6 Å². The molecule has 1 saturated heterocycles. The molecule has 30 heavy (non-hydrogen) atoms. The summed E-state index contributed by atoms with van der Waals surface area (Å²) in [6, 6.07) is 8.05. The highest BCUT2D eigenvalue weighted by molar-refractivity contribution is 5.79. The molecule has 3 rings (SSSR count). The standard InChI is InChI=1S/C22H30N4O4/c1-16-6-8-18(9-7-16)13-22(28)25-11-4-5-19(14-25)26(17(2)27)12-10-20-23-21(15-29-3)30-24-20/h6-9,19H,4-5,10-15H2,1-3H3. The highest BCUT2D eigenvalue weighted by atomic mass is 16.5. The molecular formula is C22H30N4O4. The van der Waals surface area contributed by atoms with E-state index in [1.807, 2.05) is 41.0 Å². The molecule has 2 amide bonds. The van der Waals surface area contributed by atoms with Crippen LogP contribution in [0.15, 0.2) is 28.8 Å². The smallest absolute Gasteiger partial charge is 0.252 e. The second kappa shape index (κ2) is 10.3. The lowest BCUT2D eigenvalue weighted by molar-refractivity contribution is -0.138. The van der Waals surface area contributed by atoms with Gasteiger partial charge in [0.1, 0.15) is 6.61 Å². The van der Waals surface area contributed by atoms with E-state index in [-0.39, 0.29) is 24.5 Å². The number of aryl methyl sites for hydroxylation is 1. The molecule has 0 aliphatic carbocycles. The summed E-state index contributed by atoms with van der Waals surface area (Å²) in [5.41, 5.74) is 2.19. The lowest BCUT2D eigenvalue weighted by Crippen LogP contribution is -2.52. The number of hydrogen-bond acceptors (Lipinski definition) is 6. The molecule has 8 heteroatoms. The van der Waals surface area contributed by atoms with E-state index in [1.54, 1.807) is 14.0 Å². The van der Waals surface area contributed by atoms with Gasteiger partial charge in [0.05, 0.1) is 6.42 Å². The van der Waals surface area contributed by atoms with E-state index in [1.165, 1.54) is 5.56 Å². The van der Waals surface area contributed by atoms with Gasteiger partial charge in [-0.25, -0.2) is 0 Å². The molecular weight excluding hydrogens is 384 g/mol. The van der Waals surface area contributed by atoms with Gasteiger partial charge in [-0.1, -0.05) is 35.0 Å². The number of amides is 2. The lowest BCUT2D eigenvalue weighted by atomic mass is 10.0. The second-order valence-electron chi connectivity index (χ2n) is 7.80. The first kappa shape index (κ1) is 22.0. The number of nitrogens with zero attached hydrogens (tertiary/aromatic N) is 4. The normalized spacial score (nSPS) is 16.5. The number of ether oxygens (including phenoxy) is 1. The average Bonchev–Trinajstić information content (AvgIpc) is 3.17. The summed E-state index contributed by atoms with van der Waals surface area (Å²) >= 11 is 0. The van der Waals surface area contributed by atoms with Crippen LogP contribution in [0.4, 0.5) is 0 Å². The topological polar surface area (TPSA) is 88.8 Å². The molecule has 1 fully saturated rings. The largest absolute Gasteiger partial charge is 0.375 e. The van der Waals surface area contributed by atoms with Gasteiger partial charge in [-0.15, -0.1) is 0 Å². The number of carbonyl (C=O) groups is 2. The van der Waals surface area contributed by atoms with Crippen LogP contribution >= 0.6 is 0 Å². The zero-order valence-electron chi connectivity index (χ0n) is 18.0. The molecule has 2 aromatic rings. The van der Waals surface area contributed by atoms with Crippen LogP contribution < -0.4 is 0 Å². The summed E-state index contributed by atoms with van der Waals surface area (Å²) in [5, 5.41) is 3.94. The third kappa shape index (κ3) is 5.89.